The highest BCUT2D eigenvalue weighted by molar-refractivity contribution is 5.80. The molecule has 100 valence electrons. The van der Waals surface area contributed by atoms with Crippen molar-refractivity contribution in [2.75, 3.05) is 6.61 Å². The first-order valence-electron chi connectivity index (χ1n) is 6.32. The van der Waals surface area contributed by atoms with E-state index in [4.69, 9.17) is 4.74 Å². The van der Waals surface area contributed by atoms with Crippen molar-refractivity contribution in [2.24, 2.45) is 0 Å². The average Bonchev–Trinajstić information content (AvgIpc) is 2.39. The fourth-order valence-corrected chi connectivity index (χ4v) is 1.07. The second-order valence-electron chi connectivity index (χ2n) is 3.93. The molecule has 0 heterocycles. The molecule has 0 bridgehead atoms. The molecule has 0 saturated heterocycles. The van der Waals surface area contributed by atoms with E-state index in [1.165, 1.54) is 6.92 Å². The molecule has 0 radical (unpaired) electrons. The fraction of sp³-hybridized carbons (Fsp3) is 0.467. The number of unbranched alkanes of at least 4 members (excludes halogenated alkanes) is 1. The van der Waals surface area contributed by atoms with Gasteiger partial charge in [0.15, 0.2) is 0 Å². The zero-order valence-electron chi connectivity index (χ0n) is 11.2. The number of ether oxygens (including phenoxy) is 1. The number of hydrogen-bond donors (Lipinski definition) is 0. The highest BCUT2D eigenvalue weighted by atomic mass is 16.5. The van der Waals surface area contributed by atoms with E-state index in [0.717, 1.165) is 12.8 Å². The van der Waals surface area contributed by atoms with Gasteiger partial charge in [-0.15, -0.1) is 0 Å². The second-order valence-corrected chi connectivity index (χ2v) is 3.93. The molecule has 1 aromatic rings. The van der Waals surface area contributed by atoms with Gasteiger partial charge in [-0.05, 0) is 13.3 Å². The number of esters is 1. The van der Waals surface area contributed by atoms with Gasteiger partial charge in [0.1, 0.15) is 5.78 Å². The summed E-state index contributed by atoms with van der Waals surface area (Å²) < 4.78 is 4.84. The third-order valence-electron chi connectivity index (χ3n) is 2.11. The van der Waals surface area contributed by atoms with Crippen LogP contribution >= 0.6 is 0 Å². The van der Waals surface area contributed by atoms with E-state index in [0.29, 0.717) is 13.0 Å². The Labute approximate surface area is 109 Å². The summed E-state index contributed by atoms with van der Waals surface area (Å²) in [6.07, 6.45) is 2.43. The van der Waals surface area contributed by atoms with E-state index in [1.54, 1.807) is 0 Å². The minimum absolute atomic E-state index is 0.0300. The first-order chi connectivity index (χ1) is 8.66. The largest absolute Gasteiger partial charge is 0.466 e. The van der Waals surface area contributed by atoms with E-state index < -0.39 is 0 Å². The van der Waals surface area contributed by atoms with Gasteiger partial charge >= 0.3 is 5.97 Å². The van der Waals surface area contributed by atoms with Crippen molar-refractivity contribution in [2.45, 2.75) is 39.5 Å². The summed E-state index contributed by atoms with van der Waals surface area (Å²) in [5.41, 5.74) is 0. The maximum Gasteiger partial charge on any atom is 0.306 e. The van der Waals surface area contributed by atoms with Crippen molar-refractivity contribution in [1.82, 2.24) is 0 Å². The fourth-order valence-electron chi connectivity index (χ4n) is 1.07. The Morgan fingerprint density at radius 3 is 1.83 bits per heavy atom. The number of hydrogen-bond acceptors (Lipinski definition) is 3. The average molecular weight is 250 g/mol. The minimum atomic E-state index is -0.265. The summed E-state index contributed by atoms with van der Waals surface area (Å²) in [6.45, 7) is 3.98. The molecule has 1 aromatic carbocycles. The van der Waals surface area contributed by atoms with E-state index in [-0.39, 0.29) is 18.2 Å². The lowest BCUT2D eigenvalue weighted by Gasteiger charge is -2.01. The van der Waals surface area contributed by atoms with Gasteiger partial charge in [-0.2, -0.15) is 0 Å². The molecule has 0 spiro atoms. The summed E-state index contributed by atoms with van der Waals surface area (Å²) in [5.74, 6) is -0.235. The van der Waals surface area contributed by atoms with Gasteiger partial charge in [0.25, 0.3) is 0 Å². The Hall–Kier alpha value is -1.64. The predicted molar refractivity (Wildman–Crippen MR) is 72.2 cm³/mol. The number of rotatable bonds is 6. The van der Waals surface area contributed by atoms with E-state index in [9.17, 15) is 9.59 Å². The Bertz CT molecular complexity index is 293. The first kappa shape index (κ1) is 16.4. The third-order valence-corrected chi connectivity index (χ3v) is 2.11. The summed E-state index contributed by atoms with van der Waals surface area (Å²) in [4.78, 5) is 21.3. The Kier molecular flexibility index (Phi) is 10.8. The molecule has 0 N–H and O–H groups in total. The van der Waals surface area contributed by atoms with Crippen LogP contribution in [0.15, 0.2) is 36.4 Å². The first-order valence-corrected chi connectivity index (χ1v) is 6.32. The van der Waals surface area contributed by atoms with Crippen molar-refractivity contribution < 1.29 is 14.3 Å². The molecule has 1 rings (SSSR count). The van der Waals surface area contributed by atoms with Gasteiger partial charge in [0.05, 0.1) is 13.0 Å². The lowest BCUT2D eigenvalue weighted by Crippen LogP contribution is -2.07. The van der Waals surface area contributed by atoms with Crippen molar-refractivity contribution in [3.05, 3.63) is 36.4 Å². The van der Waals surface area contributed by atoms with Gasteiger partial charge in [-0.1, -0.05) is 49.7 Å². The summed E-state index contributed by atoms with van der Waals surface area (Å²) >= 11 is 0. The molecule has 3 nitrogen and oxygen atoms in total. The van der Waals surface area contributed by atoms with Gasteiger partial charge in [-0.3, -0.25) is 4.79 Å². The lowest BCUT2D eigenvalue weighted by atomic mass is 10.2. The van der Waals surface area contributed by atoms with Gasteiger partial charge in [-0.25, -0.2) is 0 Å². The van der Waals surface area contributed by atoms with Crippen LogP contribution in [-0.4, -0.2) is 18.4 Å². The molecule has 0 aliphatic carbocycles. The number of ketones is 1. The zero-order valence-corrected chi connectivity index (χ0v) is 11.2. The van der Waals surface area contributed by atoms with Crippen LogP contribution in [0.1, 0.15) is 39.5 Å². The van der Waals surface area contributed by atoms with E-state index >= 15 is 0 Å². The van der Waals surface area contributed by atoms with Gasteiger partial charge < -0.3 is 9.53 Å². The molecule has 18 heavy (non-hydrogen) atoms. The minimum Gasteiger partial charge on any atom is -0.466 e. The molecule has 3 heteroatoms. The zero-order chi connectivity index (χ0) is 13.6. The molecule has 0 saturated carbocycles. The predicted octanol–water partition coefficient (Wildman–Crippen LogP) is 3.39. The maximum absolute atomic E-state index is 10.8. The van der Waals surface area contributed by atoms with Crippen LogP contribution in [0.2, 0.25) is 0 Å². The SMILES string of the molecule is CCCCOC(=O)CCC(C)=O.c1ccccc1. The Morgan fingerprint density at radius 1 is 0.944 bits per heavy atom. The molecule has 0 fully saturated rings. The van der Waals surface area contributed by atoms with Crippen LogP contribution in [-0.2, 0) is 14.3 Å². The maximum atomic E-state index is 10.8. The van der Waals surface area contributed by atoms with E-state index in [1.807, 2.05) is 43.3 Å². The molecule has 0 amide bonds. The monoisotopic (exact) mass is 250 g/mol. The van der Waals surface area contributed by atoms with Gasteiger partial charge in [0.2, 0.25) is 0 Å². The van der Waals surface area contributed by atoms with Crippen LogP contribution in [0.5, 0.6) is 0 Å². The van der Waals surface area contributed by atoms with Gasteiger partial charge in [0, 0.05) is 6.42 Å². The Balaban J connectivity index is 0.000000397. The molecule has 0 aliphatic rings. The van der Waals surface area contributed by atoms with Crippen molar-refractivity contribution in [1.29, 1.82) is 0 Å². The van der Waals surface area contributed by atoms with Crippen molar-refractivity contribution in [3.63, 3.8) is 0 Å². The molecule has 0 atom stereocenters. The van der Waals surface area contributed by atoms with Crippen LogP contribution in [0, 0.1) is 0 Å². The summed E-state index contributed by atoms with van der Waals surface area (Å²) in [7, 11) is 0. The quantitative estimate of drug-likeness (QED) is 0.574. The number of benzene rings is 1. The third kappa shape index (κ3) is 12.4. The lowest BCUT2D eigenvalue weighted by molar-refractivity contribution is -0.144. The number of carbonyl (C=O) groups is 2. The summed E-state index contributed by atoms with van der Waals surface area (Å²) in [6, 6.07) is 12.0. The van der Waals surface area contributed by atoms with Crippen LogP contribution in [0.4, 0.5) is 0 Å². The summed E-state index contributed by atoms with van der Waals surface area (Å²) in [5, 5.41) is 0. The van der Waals surface area contributed by atoms with Crippen LogP contribution in [0.3, 0.4) is 0 Å². The van der Waals surface area contributed by atoms with Crippen molar-refractivity contribution >= 4 is 11.8 Å². The molecular formula is C15H22O3. The standard InChI is InChI=1S/C9H16O3.C6H6/c1-3-4-7-12-9(11)6-5-8(2)10;1-2-4-6-5-3-1/h3-7H2,1-2H3;1-6H. The molecule has 0 aromatic heterocycles. The number of carbonyl (C=O) groups excluding carboxylic acids is 2. The van der Waals surface area contributed by atoms with E-state index in [2.05, 4.69) is 0 Å². The smallest absolute Gasteiger partial charge is 0.306 e. The van der Waals surface area contributed by atoms with Crippen LogP contribution in [0.25, 0.3) is 0 Å². The highest BCUT2D eigenvalue weighted by Crippen LogP contribution is 1.95. The topological polar surface area (TPSA) is 43.4 Å². The number of Topliss-reactive ketones (excluding diaryl/α,β-unsaturated/α-hetero) is 1. The molecule has 0 aliphatic heterocycles. The highest BCUT2D eigenvalue weighted by Gasteiger charge is 2.03. The molecule has 0 unspecified atom stereocenters. The van der Waals surface area contributed by atoms with Crippen molar-refractivity contribution in [3.8, 4) is 0 Å². The van der Waals surface area contributed by atoms with Crippen LogP contribution < -0.4 is 0 Å². The Morgan fingerprint density at radius 2 is 1.44 bits per heavy atom. The normalized spacial score (nSPS) is 9.00. The second kappa shape index (κ2) is 11.8. The molecular weight excluding hydrogens is 228 g/mol.